The molecule has 1 aromatic carbocycles. The van der Waals surface area contributed by atoms with E-state index in [9.17, 15) is 4.79 Å². The molecule has 24 heavy (non-hydrogen) atoms. The number of amides is 1. The molecule has 0 aliphatic rings. The van der Waals surface area contributed by atoms with Crippen LogP contribution < -0.4 is 15.5 Å². The lowest BCUT2D eigenvalue weighted by molar-refractivity contribution is -0.896. The zero-order chi connectivity index (χ0) is 17.8. The van der Waals surface area contributed by atoms with Crippen molar-refractivity contribution in [1.82, 2.24) is 5.32 Å². The van der Waals surface area contributed by atoms with Crippen molar-refractivity contribution in [2.45, 2.75) is 59.0 Å². The number of quaternary nitrogens is 2. The fourth-order valence-electron chi connectivity index (χ4n) is 3.04. The maximum Gasteiger partial charge on any atom is 0.225 e. The third-order valence-electron chi connectivity index (χ3n) is 4.79. The summed E-state index contributed by atoms with van der Waals surface area (Å²) in [6.45, 7) is 13.2. The van der Waals surface area contributed by atoms with Gasteiger partial charge in [-0.15, -0.1) is 0 Å². The molecule has 0 aromatic heterocycles. The molecule has 4 heteroatoms. The molecule has 0 aliphatic heterocycles. The first-order chi connectivity index (χ1) is 11.6. The highest BCUT2D eigenvalue weighted by Crippen LogP contribution is 2.06. The molecule has 2 atom stereocenters. The summed E-state index contributed by atoms with van der Waals surface area (Å²) in [6, 6.07) is 11.1. The molecule has 0 fully saturated rings. The Kier molecular flexibility index (Phi) is 10.4. The van der Waals surface area contributed by atoms with Crippen molar-refractivity contribution in [3.63, 3.8) is 0 Å². The number of carbonyl (C=O) groups excluding carboxylic acids is 1. The molecule has 4 nitrogen and oxygen atoms in total. The molecule has 0 bridgehead atoms. The molecule has 1 amide bonds. The Hall–Kier alpha value is -1.39. The van der Waals surface area contributed by atoms with Gasteiger partial charge in [-0.3, -0.25) is 4.79 Å². The number of benzene rings is 1. The van der Waals surface area contributed by atoms with Crippen LogP contribution in [0.5, 0.6) is 0 Å². The van der Waals surface area contributed by atoms with E-state index in [1.165, 1.54) is 31.6 Å². The minimum Gasteiger partial charge on any atom is -0.353 e. The molecule has 0 radical (unpaired) electrons. The van der Waals surface area contributed by atoms with Crippen LogP contribution >= 0.6 is 0 Å². The number of hydrogen-bond donors (Lipinski definition) is 3. The van der Waals surface area contributed by atoms with Crippen LogP contribution in [0.4, 0.5) is 0 Å². The van der Waals surface area contributed by atoms with Crippen molar-refractivity contribution in [3.8, 4) is 0 Å². The Morgan fingerprint density at radius 2 is 1.83 bits per heavy atom. The number of carbonyl (C=O) groups is 1. The first-order valence-electron chi connectivity index (χ1n) is 9.58. The van der Waals surface area contributed by atoms with Crippen molar-refractivity contribution >= 4 is 5.91 Å². The van der Waals surface area contributed by atoms with E-state index in [1.54, 1.807) is 4.90 Å². The van der Waals surface area contributed by atoms with Gasteiger partial charge >= 0.3 is 0 Å². The van der Waals surface area contributed by atoms with E-state index in [0.29, 0.717) is 12.5 Å². The van der Waals surface area contributed by atoms with Crippen LogP contribution in [0.25, 0.3) is 0 Å². The zero-order valence-electron chi connectivity index (χ0n) is 16.0. The second kappa shape index (κ2) is 12.0. The number of rotatable bonds is 12. The van der Waals surface area contributed by atoms with E-state index in [1.807, 2.05) is 6.07 Å². The van der Waals surface area contributed by atoms with Crippen molar-refractivity contribution in [2.75, 3.05) is 26.2 Å². The van der Waals surface area contributed by atoms with Gasteiger partial charge in [-0.2, -0.15) is 0 Å². The maximum atomic E-state index is 12.0. The van der Waals surface area contributed by atoms with Crippen molar-refractivity contribution in [2.24, 2.45) is 0 Å². The van der Waals surface area contributed by atoms with Gasteiger partial charge in [-0.1, -0.05) is 30.3 Å². The monoisotopic (exact) mass is 335 g/mol. The summed E-state index contributed by atoms with van der Waals surface area (Å²) in [4.78, 5) is 13.7. The van der Waals surface area contributed by atoms with Gasteiger partial charge < -0.3 is 15.5 Å². The average Bonchev–Trinajstić information content (AvgIpc) is 2.59. The molecule has 0 saturated heterocycles. The molecule has 1 aromatic rings. The van der Waals surface area contributed by atoms with Gasteiger partial charge in [-0.05, 0) is 40.5 Å². The van der Waals surface area contributed by atoms with Crippen LogP contribution in [0.1, 0.15) is 58.6 Å². The van der Waals surface area contributed by atoms with Gasteiger partial charge in [0.25, 0.3) is 0 Å². The van der Waals surface area contributed by atoms with Gasteiger partial charge in [0, 0.05) is 11.6 Å². The summed E-state index contributed by atoms with van der Waals surface area (Å²) in [5, 5.41) is 5.37. The minimum atomic E-state index is 0.175. The summed E-state index contributed by atoms with van der Waals surface area (Å²) in [7, 11) is 0. The molecule has 0 spiro atoms. The van der Waals surface area contributed by atoms with Crippen LogP contribution in [0.2, 0.25) is 0 Å². The minimum absolute atomic E-state index is 0.175. The highest BCUT2D eigenvalue weighted by molar-refractivity contribution is 5.76. The Morgan fingerprint density at radius 3 is 2.46 bits per heavy atom. The van der Waals surface area contributed by atoms with Crippen molar-refractivity contribution in [3.05, 3.63) is 35.9 Å². The SMILES string of the molecule is CC[NH+](CC)CCC[C@H](C)NC(=O)CC[NH2+][C@H](C)c1ccccc1. The van der Waals surface area contributed by atoms with Crippen LogP contribution in [-0.4, -0.2) is 38.1 Å². The van der Waals surface area contributed by atoms with Crippen LogP contribution in [0.15, 0.2) is 30.3 Å². The summed E-state index contributed by atoms with van der Waals surface area (Å²) < 4.78 is 0. The summed E-state index contributed by atoms with van der Waals surface area (Å²) in [5.41, 5.74) is 1.31. The fraction of sp³-hybridized carbons (Fsp3) is 0.650. The van der Waals surface area contributed by atoms with E-state index >= 15 is 0 Å². The van der Waals surface area contributed by atoms with Gasteiger partial charge in [0.2, 0.25) is 5.91 Å². The highest BCUT2D eigenvalue weighted by Gasteiger charge is 2.12. The predicted molar refractivity (Wildman–Crippen MR) is 100 cm³/mol. The first-order valence-corrected chi connectivity index (χ1v) is 9.58. The van der Waals surface area contributed by atoms with E-state index in [0.717, 1.165) is 13.0 Å². The largest absolute Gasteiger partial charge is 0.353 e. The van der Waals surface area contributed by atoms with Gasteiger partial charge in [0.15, 0.2) is 0 Å². The summed E-state index contributed by atoms with van der Waals surface area (Å²) in [5.74, 6) is 0.175. The fourth-order valence-corrected chi connectivity index (χ4v) is 3.04. The zero-order valence-corrected chi connectivity index (χ0v) is 16.0. The Balaban J connectivity index is 2.14. The Labute approximate surface area is 148 Å². The smallest absolute Gasteiger partial charge is 0.225 e. The normalized spacial score (nSPS) is 13.7. The Bertz CT molecular complexity index is 445. The van der Waals surface area contributed by atoms with Crippen LogP contribution in [0, 0.1) is 0 Å². The van der Waals surface area contributed by atoms with Crippen LogP contribution in [0.3, 0.4) is 0 Å². The third kappa shape index (κ3) is 8.46. The molecular weight excluding hydrogens is 298 g/mol. The van der Waals surface area contributed by atoms with Gasteiger partial charge in [-0.25, -0.2) is 0 Å². The molecule has 1 rings (SSSR count). The second-order valence-corrected chi connectivity index (χ2v) is 6.79. The lowest BCUT2D eigenvalue weighted by Gasteiger charge is -2.18. The van der Waals surface area contributed by atoms with Crippen molar-refractivity contribution < 1.29 is 15.0 Å². The van der Waals surface area contributed by atoms with Crippen molar-refractivity contribution in [1.29, 1.82) is 0 Å². The standard InChI is InChI=1S/C20H35N3O/c1-5-23(6-2)16-10-11-17(3)22-20(24)14-15-21-18(4)19-12-8-7-9-13-19/h7-9,12-13,17-18,21H,5-6,10-11,14-16H2,1-4H3,(H,22,24)/p+2/t17-,18+/m0/s1. The molecule has 0 heterocycles. The maximum absolute atomic E-state index is 12.0. The summed E-state index contributed by atoms with van der Waals surface area (Å²) >= 11 is 0. The Morgan fingerprint density at radius 1 is 1.17 bits per heavy atom. The van der Waals surface area contributed by atoms with Gasteiger partial charge in [0.05, 0.1) is 32.6 Å². The third-order valence-corrected chi connectivity index (χ3v) is 4.79. The lowest BCUT2D eigenvalue weighted by atomic mass is 10.1. The molecule has 4 N–H and O–H groups in total. The lowest BCUT2D eigenvalue weighted by Crippen LogP contribution is -3.11. The molecular formula is C20H37N3O+2. The average molecular weight is 336 g/mol. The first kappa shape index (κ1) is 20.7. The molecule has 0 saturated carbocycles. The van der Waals surface area contributed by atoms with E-state index in [2.05, 4.69) is 62.6 Å². The van der Waals surface area contributed by atoms with Crippen LogP contribution in [-0.2, 0) is 4.79 Å². The molecule has 136 valence electrons. The quantitative estimate of drug-likeness (QED) is 0.522. The highest BCUT2D eigenvalue weighted by atomic mass is 16.1. The van der Waals surface area contributed by atoms with Gasteiger partial charge in [0.1, 0.15) is 6.04 Å². The number of hydrogen-bond acceptors (Lipinski definition) is 1. The number of nitrogens with one attached hydrogen (secondary N) is 2. The molecule has 0 aliphatic carbocycles. The topological polar surface area (TPSA) is 50.1 Å². The van der Waals surface area contributed by atoms with E-state index in [4.69, 9.17) is 0 Å². The van der Waals surface area contributed by atoms with E-state index in [-0.39, 0.29) is 11.9 Å². The second-order valence-electron chi connectivity index (χ2n) is 6.79. The predicted octanol–water partition coefficient (Wildman–Crippen LogP) is 0.911. The molecule has 0 unspecified atom stereocenters. The van der Waals surface area contributed by atoms with E-state index < -0.39 is 0 Å². The summed E-state index contributed by atoms with van der Waals surface area (Å²) in [6.07, 6.45) is 2.83. The number of nitrogens with two attached hydrogens (primary N) is 1.